The molecule has 9 heteroatoms. The Balaban J connectivity index is 1.92. The molecule has 2 heterocycles. The van der Waals surface area contributed by atoms with Crippen LogP contribution in [0, 0.1) is 10.1 Å². The number of fused-ring (bicyclic) bond motifs is 1. The van der Waals surface area contributed by atoms with Gasteiger partial charge in [-0.25, -0.2) is 0 Å². The minimum atomic E-state index is -1.22. The quantitative estimate of drug-likeness (QED) is 0.380. The molecule has 1 aromatic rings. The molecule has 2 aliphatic rings. The lowest BCUT2D eigenvalue weighted by molar-refractivity contribution is -0.384. The number of hydrogen-bond acceptors (Lipinski definition) is 7. The molecule has 2 amide bonds. The Morgan fingerprint density at radius 3 is 2.65 bits per heavy atom. The highest BCUT2D eigenvalue weighted by Crippen LogP contribution is 2.28. The summed E-state index contributed by atoms with van der Waals surface area (Å²) < 4.78 is 0. The third-order valence-electron chi connectivity index (χ3n) is 4.15. The number of aliphatic hydroxyl groups excluding tert-OH is 2. The molecule has 1 aromatic carbocycles. The van der Waals surface area contributed by atoms with Gasteiger partial charge in [-0.3, -0.25) is 29.9 Å². The number of nitro groups is 1. The van der Waals surface area contributed by atoms with Gasteiger partial charge in [-0.05, 0) is 24.5 Å². The molecule has 9 nitrogen and oxygen atoms in total. The smallest absolute Gasteiger partial charge is 0.269 e. The third-order valence-corrected chi connectivity index (χ3v) is 4.15. The number of carbonyl (C=O) groups excluding carboxylic acids is 2. The van der Waals surface area contributed by atoms with Crippen molar-refractivity contribution >= 4 is 17.5 Å². The molecule has 0 saturated carbocycles. The second-order valence-corrected chi connectivity index (χ2v) is 5.62. The topological polar surface area (TPSA) is 133 Å². The average Bonchev–Trinajstić information content (AvgIpc) is 2.48. The summed E-state index contributed by atoms with van der Waals surface area (Å²) in [6.07, 6.45) is -1.67. The van der Waals surface area contributed by atoms with E-state index in [0.29, 0.717) is 12.0 Å². The van der Waals surface area contributed by atoms with Gasteiger partial charge in [0.2, 0.25) is 5.91 Å². The maximum absolute atomic E-state index is 12.6. The first-order valence-corrected chi connectivity index (χ1v) is 7.14. The van der Waals surface area contributed by atoms with E-state index in [1.807, 2.05) is 0 Å². The number of imide groups is 1. The van der Waals surface area contributed by atoms with Gasteiger partial charge in [0, 0.05) is 17.7 Å². The van der Waals surface area contributed by atoms with E-state index < -0.39 is 35.2 Å². The molecule has 1 fully saturated rings. The van der Waals surface area contributed by atoms with Gasteiger partial charge in [-0.15, -0.1) is 0 Å². The number of benzene rings is 1. The van der Waals surface area contributed by atoms with Crippen LogP contribution in [0.25, 0.3) is 0 Å². The molecular formula is C14H15N3O6. The van der Waals surface area contributed by atoms with Crippen LogP contribution >= 0.6 is 0 Å². The van der Waals surface area contributed by atoms with E-state index in [4.69, 9.17) is 0 Å². The molecule has 1 saturated heterocycles. The minimum Gasteiger partial charge on any atom is -0.379 e. The summed E-state index contributed by atoms with van der Waals surface area (Å²) in [4.78, 5) is 36.1. The van der Waals surface area contributed by atoms with Gasteiger partial charge in [0.1, 0.15) is 12.5 Å². The van der Waals surface area contributed by atoms with Crippen molar-refractivity contribution in [2.75, 3.05) is 0 Å². The van der Waals surface area contributed by atoms with Crippen molar-refractivity contribution in [2.24, 2.45) is 0 Å². The van der Waals surface area contributed by atoms with Crippen LogP contribution in [-0.2, 0) is 11.2 Å². The monoisotopic (exact) mass is 321 g/mol. The van der Waals surface area contributed by atoms with Crippen LogP contribution in [0.5, 0.6) is 0 Å². The van der Waals surface area contributed by atoms with E-state index in [2.05, 4.69) is 5.32 Å². The van der Waals surface area contributed by atoms with Gasteiger partial charge in [0.15, 0.2) is 0 Å². The van der Waals surface area contributed by atoms with E-state index in [-0.39, 0.29) is 24.1 Å². The Bertz CT molecular complexity index is 691. The lowest BCUT2D eigenvalue weighted by Crippen LogP contribution is -2.61. The van der Waals surface area contributed by atoms with Crippen LogP contribution in [0.2, 0.25) is 0 Å². The van der Waals surface area contributed by atoms with Crippen molar-refractivity contribution < 1.29 is 24.7 Å². The predicted molar refractivity (Wildman–Crippen MR) is 76.1 cm³/mol. The second kappa shape index (κ2) is 5.69. The maximum atomic E-state index is 12.6. The van der Waals surface area contributed by atoms with Crippen molar-refractivity contribution in [1.29, 1.82) is 0 Å². The van der Waals surface area contributed by atoms with Crippen LogP contribution in [-0.4, -0.2) is 50.3 Å². The Morgan fingerprint density at radius 1 is 1.26 bits per heavy atom. The Morgan fingerprint density at radius 2 is 2.00 bits per heavy atom. The highest BCUT2D eigenvalue weighted by molar-refractivity contribution is 6.10. The van der Waals surface area contributed by atoms with Gasteiger partial charge in [0.05, 0.1) is 17.4 Å². The highest BCUT2D eigenvalue weighted by atomic mass is 16.6. The zero-order valence-electron chi connectivity index (χ0n) is 12.0. The summed E-state index contributed by atoms with van der Waals surface area (Å²) in [7, 11) is 0. The van der Waals surface area contributed by atoms with Crippen LogP contribution < -0.4 is 5.32 Å². The first-order valence-electron chi connectivity index (χ1n) is 7.14. The van der Waals surface area contributed by atoms with Crippen molar-refractivity contribution in [2.45, 2.75) is 37.8 Å². The Kier molecular flexibility index (Phi) is 3.84. The summed E-state index contributed by atoms with van der Waals surface area (Å²) in [6.45, 7) is 0. The zero-order chi connectivity index (χ0) is 16.7. The maximum Gasteiger partial charge on any atom is 0.269 e. The van der Waals surface area contributed by atoms with Gasteiger partial charge in [-0.1, -0.05) is 0 Å². The molecule has 3 unspecified atom stereocenters. The molecule has 0 aliphatic carbocycles. The number of carbonyl (C=O) groups is 2. The van der Waals surface area contributed by atoms with Gasteiger partial charge < -0.3 is 10.2 Å². The molecule has 3 N–H and O–H groups in total. The molecule has 0 bridgehead atoms. The van der Waals surface area contributed by atoms with Crippen LogP contribution in [0.1, 0.15) is 28.8 Å². The minimum absolute atomic E-state index is 0.144. The van der Waals surface area contributed by atoms with Crippen molar-refractivity contribution in [3.05, 3.63) is 39.4 Å². The number of nitrogens with one attached hydrogen (secondary N) is 1. The largest absolute Gasteiger partial charge is 0.379 e. The highest BCUT2D eigenvalue weighted by Gasteiger charge is 2.41. The standard InChI is InChI=1S/C14H15N3O6/c18-11-4-3-10(13(20)15-11)16-12(19)6-7-5-8(17(22)23)1-2-9(7)14(16)21/h1-2,5,10-11,13,15,18,20H,3-4,6H2. The number of piperidine rings is 1. The number of non-ortho nitro benzene ring substituents is 1. The SMILES string of the molecule is O=C1Cc2cc([N+](=O)[O-])ccc2C(=O)N1C1CCC(O)NC1O. The first-order chi connectivity index (χ1) is 10.9. The fourth-order valence-corrected chi connectivity index (χ4v) is 3.02. The molecular weight excluding hydrogens is 306 g/mol. The van der Waals surface area contributed by atoms with E-state index in [1.165, 1.54) is 18.2 Å². The van der Waals surface area contributed by atoms with Crippen molar-refractivity contribution in [3.8, 4) is 0 Å². The van der Waals surface area contributed by atoms with E-state index in [9.17, 15) is 29.9 Å². The number of amides is 2. The zero-order valence-corrected chi connectivity index (χ0v) is 12.0. The van der Waals surface area contributed by atoms with Crippen LogP contribution in [0.15, 0.2) is 18.2 Å². The summed E-state index contributed by atoms with van der Waals surface area (Å²) in [5.41, 5.74) is 0.345. The van der Waals surface area contributed by atoms with Crippen LogP contribution in [0.4, 0.5) is 5.69 Å². The first kappa shape index (κ1) is 15.5. The molecule has 0 aromatic heterocycles. The average molecular weight is 321 g/mol. The van der Waals surface area contributed by atoms with E-state index in [0.717, 1.165) is 4.90 Å². The fourth-order valence-electron chi connectivity index (χ4n) is 3.02. The van der Waals surface area contributed by atoms with Gasteiger partial charge in [-0.2, -0.15) is 0 Å². The summed E-state index contributed by atoms with van der Waals surface area (Å²) in [5.74, 6) is -1.11. The predicted octanol–water partition coefficient (Wildman–Crippen LogP) is -0.492. The molecule has 3 atom stereocenters. The summed E-state index contributed by atoms with van der Waals surface area (Å²) >= 11 is 0. The molecule has 2 aliphatic heterocycles. The third kappa shape index (κ3) is 2.69. The molecule has 0 spiro atoms. The van der Waals surface area contributed by atoms with Crippen molar-refractivity contribution in [1.82, 2.24) is 10.2 Å². The van der Waals surface area contributed by atoms with Crippen LogP contribution in [0.3, 0.4) is 0 Å². The molecule has 3 rings (SSSR count). The van der Waals surface area contributed by atoms with Gasteiger partial charge >= 0.3 is 0 Å². The van der Waals surface area contributed by atoms with E-state index >= 15 is 0 Å². The second-order valence-electron chi connectivity index (χ2n) is 5.62. The Hall–Kier alpha value is -2.36. The summed E-state index contributed by atoms with van der Waals surface area (Å²) in [6, 6.07) is 2.99. The normalized spacial score (nSPS) is 27.7. The Labute approximate surface area is 130 Å². The number of rotatable bonds is 2. The molecule has 23 heavy (non-hydrogen) atoms. The fraction of sp³-hybridized carbons (Fsp3) is 0.429. The number of nitro benzene ring substituents is 1. The number of nitrogens with zero attached hydrogens (tertiary/aromatic N) is 2. The summed E-state index contributed by atoms with van der Waals surface area (Å²) in [5, 5.41) is 32.7. The lowest BCUT2D eigenvalue weighted by atomic mass is 9.93. The van der Waals surface area contributed by atoms with Crippen molar-refractivity contribution in [3.63, 3.8) is 0 Å². The molecule has 122 valence electrons. The number of aliphatic hydroxyl groups is 2. The van der Waals surface area contributed by atoms with Gasteiger partial charge in [0.25, 0.3) is 11.6 Å². The number of hydrogen-bond donors (Lipinski definition) is 3. The van der Waals surface area contributed by atoms with E-state index in [1.54, 1.807) is 0 Å². The molecule has 0 radical (unpaired) electrons. The lowest BCUT2D eigenvalue weighted by Gasteiger charge is -2.40.